The van der Waals surface area contributed by atoms with Crippen LogP contribution < -0.4 is 9.47 Å². The summed E-state index contributed by atoms with van der Waals surface area (Å²) < 4.78 is 53.6. The molecule has 0 aliphatic carbocycles. The Hall–Kier alpha value is -1.50. The molecule has 1 aromatic heterocycles. The van der Waals surface area contributed by atoms with E-state index in [1.165, 1.54) is 6.07 Å². The smallest absolute Gasteiger partial charge is 0.433 e. The second-order valence-electron chi connectivity index (χ2n) is 4.48. The van der Waals surface area contributed by atoms with Crippen molar-refractivity contribution in [2.24, 2.45) is 0 Å². The SMILES string of the molecule is CCCCOCC1COc2nc(C(F)(F)F)ccc2O1. The molecule has 1 atom stereocenters. The molecular weight excluding hydrogens is 275 g/mol. The molecule has 0 N–H and O–H groups in total. The van der Waals surface area contributed by atoms with E-state index in [4.69, 9.17) is 14.2 Å². The van der Waals surface area contributed by atoms with Crippen LogP contribution in [0.3, 0.4) is 0 Å². The molecule has 0 bridgehead atoms. The maximum absolute atomic E-state index is 12.5. The molecule has 1 aromatic rings. The zero-order chi connectivity index (χ0) is 14.6. The van der Waals surface area contributed by atoms with Gasteiger partial charge in [-0.3, -0.25) is 0 Å². The van der Waals surface area contributed by atoms with E-state index in [1.807, 2.05) is 0 Å². The minimum absolute atomic E-state index is 0.121. The van der Waals surface area contributed by atoms with Gasteiger partial charge in [0.25, 0.3) is 5.88 Å². The van der Waals surface area contributed by atoms with Crippen LogP contribution in [0.1, 0.15) is 25.5 Å². The Labute approximate surface area is 114 Å². The second kappa shape index (κ2) is 6.30. The minimum Gasteiger partial charge on any atom is -0.479 e. The number of ether oxygens (including phenoxy) is 3. The van der Waals surface area contributed by atoms with Gasteiger partial charge in [0.2, 0.25) is 0 Å². The lowest BCUT2D eigenvalue weighted by Crippen LogP contribution is -2.34. The van der Waals surface area contributed by atoms with E-state index >= 15 is 0 Å². The Morgan fingerprint density at radius 3 is 2.90 bits per heavy atom. The van der Waals surface area contributed by atoms with Crippen molar-refractivity contribution in [1.29, 1.82) is 0 Å². The zero-order valence-corrected chi connectivity index (χ0v) is 11.1. The van der Waals surface area contributed by atoms with Gasteiger partial charge < -0.3 is 14.2 Å². The molecule has 20 heavy (non-hydrogen) atoms. The van der Waals surface area contributed by atoms with Crippen molar-refractivity contribution >= 4 is 0 Å². The molecule has 2 heterocycles. The molecule has 112 valence electrons. The lowest BCUT2D eigenvalue weighted by molar-refractivity contribution is -0.141. The van der Waals surface area contributed by atoms with Crippen LogP contribution in [-0.2, 0) is 10.9 Å². The van der Waals surface area contributed by atoms with E-state index < -0.39 is 11.9 Å². The third-order valence-corrected chi connectivity index (χ3v) is 2.76. The normalized spacial score (nSPS) is 18.1. The van der Waals surface area contributed by atoms with Crippen molar-refractivity contribution in [3.05, 3.63) is 17.8 Å². The average molecular weight is 291 g/mol. The molecule has 1 aliphatic heterocycles. The average Bonchev–Trinajstić information content (AvgIpc) is 2.42. The molecule has 7 heteroatoms. The molecule has 0 spiro atoms. The Morgan fingerprint density at radius 1 is 1.40 bits per heavy atom. The van der Waals surface area contributed by atoms with E-state index in [1.54, 1.807) is 0 Å². The predicted molar refractivity (Wildman–Crippen MR) is 64.9 cm³/mol. The van der Waals surface area contributed by atoms with Gasteiger partial charge in [-0.25, -0.2) is 4.98 Å². The largest absolute Gasteiger partial charge is 0.479 e. The summed E-state index contributed by atoms with van der Waals surface area (Å²) in [5.74, 6) is 0.0953. The fourth-order valence-corrected chi connectivity index (χ4v) is 1.71. The fourth-order valence-electron chi connectivity index (χ4n) is 1.71. The van der Waals surface area contributed by atoms with Crippen LogP contribution in [0.5, 0.6) is 11.6 Å². The van der Waals surface area contributed by atoms with Gasteiger partial charge in [0.1, 0.15) is 12.3 Å². The van der Waals surface area contributed by atoms with E-state index in [-0.39, 0.29) is 24.3 Å². The predicted octanol–water partition coefficient (Wildman–Crippen LogP) is 3.06. The molecule has 0 fully saturated rings. The number of alkyl halides is 3. The molecule has 0 aromatic carbocycles. The van der Waals surface area contributed by atoms with Gasteiger partial charge in [-0.2, -0.15) is 13.2 Å². The van der Waals surface area contributed by atoms with Crippen molar-refractivity contribution in [3.63, 3.8) is 0 Å². The van der Waals surface area contributed by atoms with Gasteiger partial charge >= 0.3 is 6.18 Å². The summed E-state index contributed by atoms with van der Waals surface area (Å²) in [5, 5.41) is 0. The van der Waals surface area contributed by atoms with Gasteiger partial charge in [-0.15, -0.1) is 0 Å². The Morgan fingerprint density at radius 2 is 2.20 bits per heavy atom. The molecule has 2 rings (SSSR count). The first-order chi connectivity index (χ1) is 9.50. The molecular formula is C13H16F3NO3. The number of aromatic nitrogens is 1. The van der Waals surface area contributed by atoms with Gasteiger partial charge in [-0.05, 0) is 18.6 Å². The Bertz CT molecular complexity index is 451. The summed E-state index contributed by atoms with van der Waals surface area (Å²) in [7, 11) is 0. The molecule has 1 aliphatic rings. The fraction of sp³-hybridized carbons (Fsp3) is 0.615. The van der Waals surface area contributed by atoms with Crippen LogP contribution in [0.4, 0.5) is 13.2 Å². The number of halogens is 3. The number of fused-ring (bicyclic) bond motifs is 1. The van der Waals surface area contributed by atoms with Crippen molar-refractivity contribution in [2.75, 3.05) is 19.8 Å². The first-order valence-electron chi connectivity index (χ1n) is 6.46. The summed E-state index contributed by atoms with van der Waals surface area (Å²) in [5.41, 5.74) is -0.988. The lowest BCUT2D eigenvalue weighted by atomic mass is 10.3. The highest BCUT2D eigenvalue weighted by Gasteiger charge is 2.34. The highest BCUT2D eigenvalue weighted by molar-refractivity contribution is 5.36. The van der Waals surface area contributed by atoms with Crippen molar-refractivity contribution in [1.82, 2.24) is 4.98 Å². The van der Waals surface area contributed by atoms with Gasteiger partial charge in [0.05, 0.1) is 6.61 Å². The lowest BCUT2D eigenvalue weighted by Gasteiger charge is -2.26. The number of nitrogens with zero attached hydrogens (tertiary/aromatic N) is 1. The van der Waals surface area contributed by atoms with Gasteiger partial charge in [-0.1, -0.05) is 13.3 Å². The van der Waals surface area contributed by atoms with Crippen molar-refractivity contribution < 1.29 is 27.4 Å². The first kappa shape index (κ1) is 14.9. The molecule has 1 unspecified atom stereocenters. The standard InChI is InChI=1S/C13H16F3NO3/c1-2-3-6-18-7-9-8-19-12-10(20-9)4-5-11(17-12)13(14,15)16/h4-5,9H,2-3,6-8H2,1H3. The molecule has 0 saturated heterocycles. The summed E-state index contributed by atoms with van der Waals surface area (Å²) in [6.07, 6.45) is -2.81. The van der Waals surface area contributed by atoms with E-state index in [9.17, 15) is 13.2 Å². The molecule has 0 saturated carbocycles. The number of hydrogen-bond donors (Lipinski definition) is 0. The topological polar surface area (TPSA) is 40.6 Å². The highest BCUT2D eigenvalue weighted by Crippen LogP contribution is 2.35. The highest BCUT2D eigenvalue weighted by atomic mass is 19.4. The van der Waals surface area contributed by atoms with Crippen LogP contribution >= 0.6 is 0 Å². The van der Waals surface area contributed by atoms with Crippen LogP contribution in [0.25, 0.3) is 0 Å². The maximum atomic E-state index is 12.5. The van der Waals surface area contributed by atoms with Crippen LogP contribution in [0, 0.1) is 0 Å². The second-order valence-corrected chi connectivity index (χ2v) is 4.48. The van der Waals surface area contributed by atoms with Crippen LogP contribution in [0.2, 0.25) is 0 Å². The Balaban J connectivity index is 1.94. The van der Waals surface area contributed by atoms with Gasteiger partial charge in [0.15, 0.2) is 11.9 Å². The quantitative estimate of drug-likeness (QED) is 0.782. The summed E-state index contributed by atoms with van der Waals surface area (Å²) in [6.45, 7) is 3.17. The van der Waals surface area contributed by atoms with Crippen molar-refractivity contribution in [3.8, 4) is 11.6 Å². The third kappa shape index (κ3) is 3.75. The summed E-state index contributed by atoms with van der Waals surface area (Å²) in [6, 6.07) is 2.10. The zero-order valence-electron chi connectivity index (χ0n) is 11.1. The first-order valence-corrected chi connectivity index (χ1v) is 6.46. The van der Waals surface area contributed by atoms with Crippen LogP contribution in [0.15, 0.2) is 12.1 Å². The number of hydrogen-bond acceptors (Lipinski definition) is 4. The van der Waals surface area contributed by atoms with E-state index in [0.717, 1.165) is 18.9 Å². The van der Waals surface area contributed by atoms with E-state index in [2.05, 4.69) is 11.9 Å². The Kier molecular flexibility index (Phi) is 4.69. The maximum Gasteiger partial charge on any atom is 0.433 e. The number of unbranched alkanes of at least 4 members (excludes halogenated alkanes) is 1. The number of rotatable bonds is 5. The summed E-state index contributed by atoms with van der Waals surface area (Å²) in [4.78, 5) is 3.42. The van der Waals surface area contributed by atoms with Gasteiger partial charge in [0, 0.05) is 6.61 Å². The monoisotopic (exact) mass is 291 g/mol. The molecule has 4 nitrogen and oxygen atoms in total. The van der Waals surface area contributed by atoms with Crippen LogP contribution in [-0.4, -0.2) is 30.9 Å². The third-order valence-electron chi connectivity index (χ3n) is 2.76. The number of pyridine rings is 1. The van der Waals surface area contributed by atoms with E-state index in [0.29, 0.717) is 13.2 Å². The minimum atomic E-state index is -4.49. The molecule has 0 radical (unpaired) electrons. The summed E-state index contributed by atoms with van der Waals surface area (Å²) >= 11 is 0. The molecule has 0 amide bonds. The van der Waals surface area contributed by atoms with Crippen molar-refractivity contribution in [2.45, 2.75) is 32.0 Å².